The van der Waals surface area contributed by atoms with Crippen LogP contribution in [0.25, 0.3) is 10.2 Å². The normalized spacial score (nSPS) is 16.0. The zero-order valence-electron chi connectivity index (χ0n) is 13.9. The molecule has 1 saturated heterocycles. The minimum Gasteiger partial charge on any atom is -0.466 e. The summed E-state index contributed by atoms with van der Waals surface area (Å²) in [6, 6.07) is 10.1. The number of hydrogen-bond acceptors (Lipinski definition) is 4. The predicted molar refractivity (Wildman–Crippen MR) is 95.7 cm³/mol. The lowest BCUT2D eigenvalue weighted by atomic mass is 9.97. The van der Waals surface area contributed by atoms with Crippen molar-refractivity contribution in [2.75, 3.05) is 13.1 Å². The molecule has 1 amide bonds. The van der Waals surface area contributed by atoms with E-state index in [0.717, 1.165) is 37.2 Å². The maximum absolute atomic E-state index is 12.7. The number of para-hydroxylation sites is 1. The molecule has 3 heterocycles. The summed E-state index contributed by atoms with van der Waals surface area (Å²) in [4.78, 5) is 19.4. The minimum absolute atomic E-state index is 0.0899. The minimum atomic E-state index is 0.0899. The van der Waals surface area contributed by atoms with Gasteiger partial charge in [-0.2, -0.15) is 0 Å². The Labute approximate surface area is 145 Å². The van der Waals surface area contributed by atoms with Crippen LogP contribution in [-0.4, -0.2) is 28.9 Å². The van der Waals surface area contributed by atoms with Crippen LogP contribution in [0.15, 0.2) is 34.7 Å². The number of likely N-dealkylation sites (tertiary alicyclic amines) is 1. The number of aryl methyl sites for hydroxylation is 2. The lowest BCUT2D eigenvalue weighted by Gasteiger charge is -2.31. The van der Waals surface area contributed by atoms with Gasteiger partial charge in [-0.05, 0) is 44.9 Å². The van der Waals surface area contributed by atoms with Crippen LogP contribution in [0.4, 0.5) is 0 Å². The number of furan rings is 1. The molecule has 0 unspecified atom stereocenters. The molecule has 5 heteroatoms. The molecule has 0 bridgehead atoms. The van der Waals surface area contributed by atoms with Crippen molar-refractivity contribution >= 4 is 27.5 Å². The average molecular weight is 340 g/mol. The van der Waals surface area contributed by atoms with Crippen LogP contribution in [0.2, 0.25) is 0 Å². The fourth-order valence-corrected chi connectivity index (χ4v) is 4.54. The number of rotatable bonds is 2. The van der Waals surface area contributed by atoms with E-state index in [-0.39, 0.29) is 5.91 Å². The highest BCUT2D eigenvalue weighted by Gasteiger charge is 2.28. The number of benzene rings is 1. The van der Waals surface area contributed by atoms with Gasteiger partial charge in [-0.25, -0.2) is 4.98 Å². The van der Waals surface area contributed by atoms with Crippen molar-refractivity contribution in [3.63, 3.8) is 0 Å². The third kappa shape index (κ3) is 2.73. The SMILES string of the molecule is Cc1cc(C(=O)N2CCC(c3nc4ccccc4s3)CC2)c(C)o1. The standard InChI is InChI=1S/C19H20N2O2S/c1-12-11-15(13(2)23-12)19(22)21-9-7-14(8-10-21)18-20-16-5-3-4-6-17(16)24-18/h3-6,11,14H,7-10H2,1-2H3. The van der Waals surface area contributed by atoms with Crippen molar-refractivity contribution in [3.8, 4) is 0 Å². The molecule has 1 fully saturated rings. The number of thiazole rings is 1. The Morgan fingerprint density at radius 3 is 2.67 bits per heavy atom. The van der Waals surface area contributed by atoms with Crippen LogP contribution in [0.5, 0.6) is 0 Å². The van der Waals surface area contributed by atoms with Crippen molar-refractivity contribution < 1.29 is 9.21 Å². The average Bonchev–Trinajstić information content (AvgIpc) is 3.17. The number of hydrogen-bond donors (Lipinski definition) is 0. The number of fused-ring (bicyclic) bond motifs is 1. The number of aromatic nitrogens is 1. The maximum Gasteiger partial charge on any atom is 0.257 e. The van der Waals surface area contributed by atoms with Gasteiger partial charge in [0, 0.05) is 19.0 Å². The van der Waals surface area contributed by atoms with Crippen LogP contribution < -0.4 is 0 Å². The summed E-state index contributed by atoms with van der Waals surface area (Å²) in [6.45, 7) is 5.30. The van der Waals surface area contributed by atoms with Crippen molar-refractivity contribution in [2.24, 2.45) is 0 Å². The van der Waals surface area contributed by atoms with Gasteiger partial charge in [0.15, 0.2) is 0 Å². The number of piperidine rings is 1. The predicted octanol–water partition coefficient (Wildman–Crippen LogP) is 4.53. The van der Waals surface area contributed by atoms with E-state index >= 15 is 0 Å². The van der Waals surface area contributed by atoms with Crippen molar-refractivity contribution in [2.45, 2.75) is 32.6 Å². The molecule has 0 aliphatic carbocycles. The summed E-state index contributed by atoms with van der Waals surface area (Å²) in [5, 5.41) is 1.21. The molecule has 1 aliphatic rings. The van der Waals surface area contributed by atoms with Gasteiger partial charge >= 0.3 is 0 Å². The van der Waals surface area contributed by atoms with E-state index in [1.54, 1.807) is 11.3 Å². The summed E-state index contributed by atoms with van der Waals surface area (Å²) in [7, 11) is 0. The van der Waals surface area contributed by atoms with Gasteiger partial charge in [0.25, 0.3) is 5.91 Å². The Morgan fingerprint density at radius 2 is 2.00 bits per heavy atom. The van der Waals surface area contributed by atoms with E-state index in [1.165, 1.54) is 9.71 Å². The van der Waals surface area contributed by atoms with Gasteiger partial charge in [-0.1, -0.05) is 12.1 Å². The molecule has 0 atom stereocenters. The summed E-state index contributed by atoms with van der Waals surface area (Å²) in [6.07, 6.45) is 1.95. The highest BCUT2D eigenvalue weighted by atomic mass is 32.1. The molecule has 0 spiro atoms. The van der Waals surface area contributed by atoms with Crippen LogP contribution in [-0.2, 0) is 0 Å². The smallest absolute Gasteiger partial charge is 0.257 e. The zero-order chi connectivity index (χ0) is 16.7. The van der Waals surface area contributed by atoms with Crippen LogP contribution >= 0.6 is 11.3 Å². The fraction of sp³-hybridized carbons (Fsp3) is 0.368. The van der Waals surface area contributed by atoms with Gasteiger partial charge in [-0.3, -0.25) is 4.79 Å². The second-order valence-electron chi connectivity index (χ2n) is 6.41. The van der Waals surface area contributed by atoms with E-state index in [0.29, 0.717) is 17.2 Å². The van der Waals surface area contributed by atoms with Crippen LogP contribution in [0, 0.1) is 13.8 Å². The number of nitrogens with zero attached hydrogens (tertiary/aromatic N) is 2. The Balaban J connectivity index is 1.46. The molecule has 0 N–H and O–H groups in total. The molecule has 24 heavy (non-hydrogen) atoms. The van der Waals surface area contributed by atoms with E-state index in [9.17, 15) is 4.79 Å². The molecule has 124 valence electrons. The Morgan fingerprint density at radius 1 is 1.25 bits per heavy atom. The number of carbonyl (C=O) groups excluding carboxylic acids is 1. The maximum atomic E-state index is 12.7. The summed E-state index contributed by atoms with van der Waals surface area (Å²) in [5.41, 5.74) is 1.78. The molecule has 1 aliphatic heterocycles. The summed E-state index contributed by atoms with van der Waals surface area (Å²) >= 11 is 1.79. The molecule has 3 aromatic rings. The Bertz CT molecular complexity index is 855. The lowest BCUT2D eigenvalue weighted by Crippen LogP contribution is -2.38. The van der Waals surface area contributed by atoms with Crippen molar-refractivity contribution in [3.05, 3.63) is 52.4 Å². The topological polar surface area (TPSA) is 46.3 Å². The fourth-order valence-electron chi connectivity index (χ4n) is 3.41. The van der Waals surface area contributed by atoms with E-state index < -0.39 is 0 Å². The molecular weight excluding hydrogens is 320 g/mol. The third-order valence-corrected chi connectivity index (χ3v) is 5.91. The first-order valence-electron chi connectivity index (χ1n) is 8.33. The first-order valence-corrected chi connectivity index (χ1v) is 9.15. The Kier molecular flexibility index (Phi) is 3.88. The van der Waals surface area contributed by atoms with Gasteiger partial charge in [0.2, 0.25) is 0 Å². The molecular formula is C19H20N2O2S. The quantitative estimate of drug-likeness (QED) is 0.689. The first kappa shape index (κ1) is 15.4. The monoisotopic (exact) mass is 340 g/mol. The van der Waals surface area contributed by atoms with E-state index in [1.807, 2.05) is 30.9 Å². The molecule has 0 saturated carbocycles. The third-order valence-electron chi connectivity index (χ3n) is 4.71. The second-order valence-corrected chi connectivity index (χ2v) is 7.48. The molecule has 4 nitrogen and oxygen atoms in total. The van der Waals surface area contributed by atoms with E-state index in [4.69, 9.17) is 9.40 Å². The van der Waals surface area contributed by atoms with Crippen LogP contribution in [0.3, 0.4) is 0 Å². The number of carbonyl (C=O) groups is 1. The van der Waals surface area contributed by atoms with Gasteiger partial charge in [0.05, 0.1) is 20.8 Å². The summed E-state index contributed by atoms with van der Waals surface area (Å²) in [5.74, 6) is 2.05. The van der Waals surface area contributed by atoms with Gasteiger partial charge in [-0.15, -0.1) is 11.3 Å². The highest BCUT2D eigenvalue weighted by molar-refractivity contribution is 7.18. The molecule has 0 radical (unpaired) electrons. The molecule has 1 aromatic carbocycles. The van der Waals surface area contributed by atoms with Gasteiger partial charge in [0.1, 0.15) is 11.5 Å². The Hall–Kier alpha value is -2.14. The van der Waals surface area contributed by atoms with Crippen molar-refractivity contribution in [1.82, 2.24) is 9.88 Å². The van der Waals surface area contributed by atoms with Crippen molar-refractivity contribution in [1.29, 1.82) is 0 Å². The number of amides is 1. The molecule has 4 rings (SSSR count). The second kappa shape index (κ2) is 6.06. The zero-order valence-corrected chi connectivity index (χ0v) is 14.7. The lowest BCUT2D eigenvalue weighted by molar-refractivity contribution is 0.0711. The largest absolute Gasteiger partial charge is 0.466 e. The summed E-state index contributed by atoms with van der Waals surface area (Å²) < 4.78 is 6.74. The van der Waals surface area contributed by atoms with Gasteiger partial charge < -0.3 is 9.32 Å². The van der Waals surface area contributed by atoms with E-state index in [2.05, 4.69) is 18.2 Å². The first-order chi connectivity index (χ1) is 11.6. The van der Waals surface area contributed by atoms with Crippen LogP contribution in [0.1, 0.15) is 45.6 Å². The molecule has 2 aromatic heterocycles. The highest BCUT2D eigenvalue weighted by Crippen LogP contribution is 2.34.